The van der Waals surface area contributed by atoms with Crippen LogP contribution in [0.5, 0.6) is 0 Å². The lowest BCUT2D eigenvalue weighted by Gasteiger charge is -2.43. The van der Waals surface area contributed by atoms with Gasteiger partial charge in [0.15, 0.2) is 0 Å². The summed E-state index contributed by atoms with van der Waals surface area (Å²) in [4.78, 5) is 23.6. The fourth-order valence-electron chi connectivity index (χ4n) is 1.76. The lowest BCUT2D eigenvalue weighted by Crippen LogP contribution is -2.52. The van der Waals surface area contributed by atoms with E-state index < -0.39 is 29.7 Å². The third-order valence-electron chi connectivity index (χ3n) is 3.39. The Hall–Kier alpha value is -1.36. The normalized spacial score (nSPS) is 31.2. The Kier molecular flexibility index (Phi) is 4.97. The molecule has 0 bridgehead atoms. The molecule has 20 heavy (non-hydrogen) atoms. The number of hydrogen-bond acceptors (Lipinski definition) is 5. The minimum absolute atomic E-state index is 0.294. The maximum Gasteiger partial charge on any atom is 0.330 e. The zero-order chi connectivity index (χ0) is 15.6. The molecule has 0 N–H and O–H groups in total. The van der Waals surface area contributed by atoms with E-state index in [4.69, 9.17) is 14.2 Å². The number of esters is 2. The summed E-state index contributed by atoms with van der Waals surface area (Å²) in [6, 6.07) is 0. The molecule has 0 aromatic heterocycles. The van der Waals surface area contributed by atoms with Gasteiger partial charge in [0, 0.05) is 11.5 Å². The highest BCUT2D eigenvalue weighted by Crippen LogP contribution is 2.38. The first kappa shape index (κ1) is 16.7. The highest BCUT2D eigenvalue weighted by atomic mass is 16.7. The van der Waals surface area contributed by atoms with Crippen LogP contribution in [0.25, 0.3) is 0 Å². The summed E-state index contributed by atoms with van der Waals surface area (Å²) in [6.45, 7) is 11.3. The van der Waals surface area contributed by atoms with Crippen LogP contribution in [0.2, 0.25) is 0 Å². The second-order valence-electron chi connectivity index (χ2n) is 6.25. The van der Waals surface area contributed by atoms with Crippen LogP contribution in [0.3, 0.4) is 0 Å². The molecule has 5 heteroatoms. The van der Waals surface area contributed by atoms with E-state index >= 15 is 0 Å². The van der Waals surface area contributed by atoms with Gasteiger partial charge in [0.05, 0.1) is 12.7 Å². The molecule has 1 rings (SSSR count). The van der Waals surface area contributed by atoms with E-state index in [-0.39, 0.29) is 5.41 Å². The van der Waals surface area contributed by atoms with Gasteiger partial charge in [0.25, 0.3) is 0 Å². The van der Waals surface area contributed by atoms with Crippen molar-refractivity contribution in [2.24, 2.45) is 10.8 Å². The van der Waals surface area contributed by atoms with Gasteiger partial charge in [-0.25, -0.2) is 4.79 Å². The van der Waals surface area contributed by atoms with Gasteiger partial charge in [0.1, 0.15) is 5.41 Å². The van der Waals surface area contributed by atoms with E-state index in [1.807, 2.05) is 20.8 Å². The molecule has 1 aliphatic heterocycles. The van der Waals surface area contributed by atoms with Crippen LogP contribution in [0, 0.1) is 10.8 Å². The molecule has 1 fully saturated rings. The molecule has 1 heterocycles. The summed E-state index contributed by atoms with van der Waals surface area (Å²) in [5, 5.41) is 0. The summed E-state index contributed by atoms with van der Waals surface area (Å²) in [5.41, 5.74) is -1.29. The van der Waals surface area contributed by atoms with Crippen LogP contribution >= 0.6 is 0 Å². The number of cyclic esters (lactones) is 1. The van der Waals surface area contributed by atoms with Crippen molar-refractivity contribution in [1.82, 2.24) is 0 Å². The van der Waals surface area contributed by atoms with Gasteiger partial charge >= 0.3 is 11.9 Å². The molecule has 114 valence electrons. The highest BCUT2D eigenvalue weighted by molar-refractivity contribution is 5.86. The fraction of sp³-hybridized carbons (Fsp3) is 0.733. The Morgan fingerprint density at radius 2 is 2.05 bits per heavy atom. The van der Waals surface area contributed by atoms with Crippen molar-refractivity contribution in [3.05, 3.63) is 12.2 Å². The molecule has 0 unspecified atom stereocenters. The van der Waals surface area contributed by atoms with Gasteiger partial charge in [0.2, 0.25) is 6.29 Å². The third kappa shape index (κ3) is 3.60. The van der Waals surface area contributed by atoms with Crippen molar-refractivity contribution in [3.63, 3.8) is 0 Å². The minimum atomic E-state index is -0.992. The van der Waals surface area contributed by atoms with Gasteiger partial charge in [-0.3, -0.25) is 4.79 Å². The van der Waals surface area contributed by atoms with Gasteiger partial charge in [-0.15, -0.1) is 0 Å². The molecule has 0 amide bonds. The molecular weight excluding hydrogens is 260 g/mol. The number of carbonyl (C=O) groups excluding carboxylic acids is 2. The average Bonchev–Trinajstić information content (AvgIpc) is 2.32. The topological polar surface area (TPSA) is 61.8 Å². The number of hydrogen-bond donors (Lipinski definition) is 0. The zero-order valence-corrected chi connectivity index (χ0v) is 13.1. The van der Waals surface area contributed by atoms with Gasteiger partial charge in [-0.2, -0.15) is 0 Å². The van der Waals surface area contributed by atoms with Crippen LogP contribution in [-0.2, 0) is 23.8 Å². The maximum absolute atomic E-state index is 12.2. The molecule has 0 radical (unpaired) electrons. The fourth-order valence-corrected chi connectivity index (χ4v) is 1.76. The second kappa shape index (κ2) is 5.95. The number of carbonyl (C=O) groups is 2. The highest BCUT2D eigenvalue weighted by Gasteiger charge is 2.48. The lowest BCUT2D eigenvalue weighted by molar-refractivity contribution is -0.263. The van der Waals surface area contributed by atoms with Crippen molar-refractivity contribution in [1.29, 1.82) is 0 Å². The van der Waals surface area contributed by atoms with Crippen LogP contribution in [0.1, 0.15) is 41.5 Å². The maximum atomic E-state index is 12.2. The smallest absolute Gasteiger partial charge is 0.330 e. The van der Waals surface area contributed by atoms with Gasteiger partial charge in [-0.1, -0.05) is 26.8 Å². The molecule has 3 atom stereocenters. The molecule has 0 spiro atoms. The molecule has 0 aliphatic carbocycles. The predicted molar refractivity (Wildman–Crippen MR) is 73.8 cm³/mol. The van der Waals surface area contributed by atoms with Crippen molar-refractivity contribution < 1.29 is 23.8 Å². The van der Waals surface area contributed by atoms with E-state index in [0.717, 1.165) is 0 Å². The standard InChI is InChI=1S/C15H24O5/c1-7-18-11(16)8-9-15(6)10(2)19-13(14(3,4)5)20-12(15)17/h8-10,13H,7H2,1-6H3/b9-8-/t10-,13-,15+/m0/s1. The molecule has 1 saturated heterocycles. The summed E-state index contributed by atoms with van der Waals surface area (Å²) >= 11 is 0. The number of rotatable bonds is 3. The SMILES string of the molecule is CCOC(=O)/C=C\[C@@]1(C)C(=O)O[C@@H](C(C)(C)C)O[C@H]1C. The minimum Gasteiger partial charge on any atom is -0.463 e. The van der Waals surface area contributed by atoms with Crippen LogP contribution in [-0.4, -0.2) is 30.9 Å². The van der Waals surface area contributed by atoms with Crippen molar-refractivity contribution in [3.8, 4) is 0 Å². The summed E-state index contributed by atoms with van der Waals surface area (Å²) < 4.78 is 16.0. The van der Waals surface area contributed by atoms with E-state index in [9.17, 15) is 9.59 Å². The Bertz CT molecular complexity index is 407. The summed E-state index contributed by atoms with van der Waals surface area (Å²) in [7, 11) is 0. The van der Waals surface area contributed by atoms with Crippen LogP contribution in [0.4, 0.5) is 0 Å². The van der Waals surface area contributed by atoms with Gasteiger partial charge < -0.3 is 14.2 Å². The molecule has 5 nitrogen and oxygen atoms in total. The van der Waals surface area contributed by atoms with Crippen LogP contribution in [0.15, 0.2) is 12.2 Å². The Morgan fingerprint density at radius 1 is 1.45 bits per heavy atom. The predicted octanol–water partition coefficient (Wildman–Crippen LogP) is 2.45. The quantitative estimate of drug-likeness (QED) is 0.588. The first-order chi connectivity index (χ1) is 9.11. The molecule has 0 saturated carbocycles. The third-order valence-corrected chi connectivity index (χ3v) is 3.39. The monoisotopic (exact) mass is 284 g/mol. The Labute approximate surface area is 120 Å². The first-order valence-electron chi connectivity index (χ1n) is 6.83. The Balaban J connectivity index is 2.86. The summed E-state index contributed by atoms with van der Waals surface area (Å²) in [5.74, 6) is -0.872. The second-order valence-corrected chi connectivity index (χ2v) is 6.25. The summed E-state index contributed by atoms with van der Waals surface area (Å²) in [6.07, 6.45) is 1.77. The van der Waals surface area contributed by atoms with Crippen molar-refractivity contribution in [2.75, 3.05) is 6.61 Å². The first-order valence-corrected chi connectivity index (χ1v) is 6.83. The largest absolute Gasteiger partial charge is 0.463 e. The van der Waals surface area contributed by atoms with E-state index in [2.05, 4.69) is 0 Å². The van der Waals surface area contributed by atoms with E-state index in [1.165, 1.54) is 12.2 Å². The molecule has 0 aromatic rings. The molecular formula is C15H24O5. The number of ether oxygens (including phenoxy) is 3. The zero-order valence-electron chi connectivity index (χ0n) is 13.1. The lowest BCUT2D eigenvalue weighted by atomic mass is 9.82. The van der Waals surface area contributed by atoms with Crippen LogP contribution < -0.4 is 0 Å². The van der Waals surface area contributed by atoms with E-state index in [1.54, 1.807) is 20.8 Å². The molecule has 0 aromatic carbocycles. The Morgan fingerprint density at radius 3 is 2.50 bits per heavy atom. The van der Waals surface area contributed by atoms with Crippen molar-refractivity contribution in [2.45, 2.75) is 53.9 Å². The molecule has 1 aliphatic rings. The van der Waals surface area contributed by atoms with Crippen molar-refractivity contribution >= 4 is 11.9 Å². The average molecular weight is 284 g/mol. The van der Waals surface area contributed by atoms with Gasteiger partial charge in [-0.05, 0) is 20.8 Å². The van der Waals surface area contributed by atoms with E-state index in [0.29, 0.717) is 6.61 Å².